The molecule has 0 N–H and O–H groups in total. The van der Waals surface area contributed by atoms with E-state index in [-0.39, 0.29) is 0 Å². The van der Waals surface area contributed by atoms with Crippen molar-refractivity contribution in [1.29, 1.82) is 0 Å². The Kier molecular flexibility index (Phi) is 11.5. The SMILES string of the molecule is c1ccc(-c2cc(-c3ccccc3)cc(N(c3cccc(-c4ccc5c6cc7c(cc6n(-c6nc(-c8ccccc8)nc(-c8ccccn8)n6)c5c4)oc4c7ccc5c6ccccc6c6ccccc6c54)c3)c3ccc4c(ccc5ccccc54)c3)c2)cc1. The van der Waals surface area contributed by atoms with E-state index in [1.807, 2.05) is 48.5 Å². The van der Waals surface area contributed by atoms with Crippen molar-refractivity contribution in [2.75, 3.05) is 4.90 Å². The number of anilines is 3. The van der Waals surface area contributed by atoms with Crippen LogP contribution in [-0.4, -0.2) is 24.5 Å². The van der Waals surface area contributed by atoms with Crippen LogP contribution in [0.5, 0.6) is 0 Å². The van der Waals surface area contributed by atoms with E-state index in [2.05, 4.69) is 258 Å². The lowest BCUT2D eigenvalue weighted by molar-refractivity contribution is 0.673. The van der Waals surface area contributed by atoms with Crippen molar-refractivity contribution >= 4 is 115 Å². The van der Waals surface area contributed by atoms with Gasteiger partial charge in [-0.3, -0.25) is 9.55 Å². The van der Waals surface area contributed by atoms with E-state index in [1.54, 1.807) is 6.20 Å². The molecule has 0 aliphatic heterocycles. The van der Waals surface area contributed by atoms with Crippen LogP contribution >= 0.6 is 0 Å². The molecule has 4 aromatic heterocycles. The molecule has 14 aromatic carbocycles. The number of fused-ring (bicyclic) bond motifs is 16. The van der Waals surface area contributed by atoms with Crippen molar-refractivity contribution in [2.45, 2.75) is 0 Å². The Hall–Kier alpha value is -12.1. The lowest BCUT2D eigenvalue weighted by atomic mass is 9.93. The number of rotatable bonds is 9. The molecule has 18 rings (SSSR count). The highest BCUT2D eigenvalue weighted by molar-refractivity contribution is 6.33. The summed E-state index contributed by atoms with van der Waals surface area (Å²) in [5.41, 5.74) is 14.7. The molecule has 0 aliphatic rings. The second-order valence-electron chi connectivity index (χ2n) is 22.9. The van der Waals surface area contributed by atoms with Crippen molar-refractivity contribution in [3.8, 4) is 62.2 Å². The first-order valence-electron chi connectivity index (χ1n) is 30.1. The van der Waals surface area contributed by atoms with Gasteiger partial charge in [0.15, 0.2) is 11.6 Å². The minimum atomic E-state index is 0.464. The van der Waals surface area contributed by atoms with E-state index in [0.29, 0.717) is 23.3 Å². The lowest BCUT2D eigenvalue weighted by Gasteiger charge is -2.28. The quantitative estimate of drug-likeness (QED) is 0.134. The highest BCUT2D eigenvalue weighted by Gasteiger charge is 2.24. The molecule has 0 radical (unpaired) electrons. The van der Waals surface area contributed by atoms with Gasteiger partial charge in [-0.25, -0.2) is 4.98 Å². The van der Waals surface area contributed by atoms with Crippen LogP contribution in [0.1, 0.15) is 0 Å². The van der Waals surface area contributed by atoms with E-state index in [9.17, 15) is 0 Å². The molecule has 0 spiro atoms. The molecule has 414 valence electrons. The number of hydrogen-bond acceptors (Lipinski definition) is 6. The molecule has 0 unspecified atom stereocenters. The fourth-order valence-electron chi connectivity index (χ4n) is 13.7. The monoisotopic (exact) mass is 1130 g/mol. The summed E-state index contributed by atoms with van der Waals surface area (Å²) in [4.78, 5) is 23.0. The van der Waals surface area contributed by atoms with Crippen LogP contribution in [0.15, 0.2) is 308 Å². The van der Waals surface area contributed by atoms with Gasteiger partial charge in [-0.15, -0.1) is 0 Å². The number of hydrogen-bond donors (Lipinski definition) is 0. The molecule has 7 heteroatoms. The maximum atomic E-state index is 7.23. The van der Waals surface area contributed by atoms with Crippen LogP contribution in [-0.2, 0) is 0 Å². The molecule has 4 heterocycles. The Bertz CT molecular complexity index is 5710. The summed E-state index contributed by atoms with van der Waals surface area (Å²) >= 11 is 0. The van der Waals surface area contributed by atoms with E-state index in [1.165, 1.54) is 37.7 Å². The fraction of sp³-hybridized carbons (Fsp3) is 0. The van der Waals surface area contributed by atoms with Gasteiger partial charge < -0.3 is 9.32 Å². The van der Waals surface area contributed by atoms with Crippen molar-refractivity contribution in [3.63, 3.8) is 0 Å². The van der Waals surface area contributed by atoms with E-state index < -0.39 is 0 Å². The summed E-state index contributed by atoms with van der Waals surface area (Å²) in [6.07, 6.45) is 1.78. The molecule has 89 heavy (non-hydrogen) atoms. The zero-order chi connectivity index (χ0) is 58.5. The van der Waals surface area contributed by atoms with Crippen molar-refractivity contribution in [2.24, 2.45) is 0 Å². The summed E-state index contributed by atoms with van der Waals surface area (Å²) in [6, 6.07) is 106. The third kappa shape index (κ3) is 8.35. The van der Waals surface area contributed by atoms with Gasteiger partial charge in [0.05, 0.1) is 11.0 Å². The Labute approximate surface area is 511 Å². The smallest absolute Gasteiger partial charge is 0.238 e. The Morgan fingerprint density at radius 1 is 0.292 bits per heavy atom. The Morgan fingerprint density at radius 3 is 1.58 bits per heavy atom. The molecule has 0 fully saturated rings. The molecule has 0 aliphatic carbocycles. The van der Waals surface area contributed by atoms with Gasteiger partial charge in [0.25, 0.3) is 0 Å². The number of nitrogens with zero attached hydrogens (tertiary/aromatic N) is 6. The van der Waals surface area contributed by atoms with Gasteiger partial charge in [-0.2, -0.15) is 9.97 Å². The molecular formula is C82H50N6O. The van der Waals surface area contributed by atoms with Gasteiger partial charge in [0.2, 0.25) is 5.95 Å². The highest BCUT2D eigenvalue weighted by Crippen LogP contribution is 2.47. The van der Waals surface area contributed by atoms with E-state index in [0.717, 1.165) is 116 Å². The van der Waals surface area contributed by atoms with Crippen LogP contribution < -0.4 is 4.90 Å². The van der Waals surface area contributed by atoms with Gasteiger partial charge in [-0.1, -0.05) is 218 Å². The summed E-state index contributed by atoms with van der Waals surface area (Å²) in [7, 11) is 0. The Morgan fingerprint density at radius 2 is 0.843 bits per heavy atom. The predicted molar refractivity (Wildman–Crippen MR) is 369 cm³/mol. The first kappa shape index (κ1) is 50.3. The largest absolute Gasteiger partial charge is 0.455 e. The maximum Gasteiger partial charge on any atom is 0.238 e. The van der Waals surface area contributed by atoms with Crippen molar-refractivity contribution < 1.29 is 4.42 Å². The van der Waals surface area contributed by atoms with Crippen LogP contribution in [0.2, 0.25) is 0 Å². The molecule has 0 saturated heterocycles. The van der Waals surface area contributed by atoms with Crippen LogP contribution in [0.4, 0.5) is 17.1 Å². The molecule has 7 nitrogen and oxygen atoms in total. The molecule has 0 amide bonds. The average molecular weight is 1140 g/mol. The van der Waals surface area contributed by atoms with Gasteiger partial charge >= 0.3 is 0 Å². The molecule has 0 saturated carbocycles. The van der Waals surface area contributed by atoms with Gasteiger partial charge in [-0.05, 0) is 155 Å². The summed E-state index contributed by atoms with van der Waals surface area (Å²) in [5, 5.41) is 16.1. The zero-order valence-corrected chi connectivity index (χ0v) is 48.0. The first-order chi connectivity index (χ1) is 44.1. The number of furan rings is 1. The first-order valence-corrected chi connectivity index (χ1v) is 30.1. The number of aromatic nitrogens is 5. The normalized spacial score (nSPS) is 11.8. The second kappa shape index (κ2) is 20.3. The number of pyridine rings is 1. The average Bonchev–Trinajstić information content (AvgIpc) is 1.64. The number of benzene rings is 14. The lowest BCUT2D eigenvalue weighted by Crippen LogP contribution is -2.10. The van der Waals surface area contributed by atoms with E-state index >= 15 is 0 Å². The third-order valence-corrected chi connectivity index (χ3v) is 17.8. The summed E-state index contributed by atoms with van der Waals surface area (Å²) in [6.45, 7) is 0. The molecule has 0 bridgehead atoms. The fourth-order valence-corrected chi connectivity index (χ4v) is 13.7. The van der Waals surface area contributed by atoms with Crippen molar-refractivity contribution in [3.05, 3.63) is 303 Å². The highest BCUT2D eigenvalue weighted by atomic mass is 16.3. The Balaban J connectivity index is 0.870. The maximum absolute atomic E-state index is 7.23. The zero-order valence-electron chi connectivity index (χ0n) is 48.0. The van der Waals surface area contributed by atoms with Crippen molar-refractivity contribution in [1.82, 2.24) is 24.5 Å². The predicted octanol–water partition coefficient (Wildman–Crippen LogP) is 21.8. The molecule has 0 atom stereocenters. The van der Waals surface area contributed by atoms with Crippen LogP contribution in [0, 0.1) is 0 Å². The topological polar surface area (TPSA) is 72.9 Å². The van der Waals surface area contributed by atoms with Crippen LogP contribution in [0.3, 0.4) is 0 Å². The minimum absolute atomic E-state index is 0.464. The molecule has 18 aromatic rings. The molecular weight excluding hydrogens is 1080 g/mol. The van der Waals surface area contributed by atoms with E-state index in [4.69, 9.17) is 24.4 Å². The van der Waals surface area contributed by atoms with Gasteiger partial charge in [0.1, 0.15) is 16.9 Å². The van der Waals surface area contributed by atoms with Gasteiger partial charge in [0, 0.05) is 61.8 Å². The minimum Gasteiger partial charge on any atom is -0.455 e. The standard InChI is InChI=1S/C82H50N6O/c1-4-19-51(20-5-1)58-43-59(52-21-6-2-7-22-52)47-62(46-58)87(61-37-39-64-57(45-61)35-34-53-23-10-11-28-63(53)64)60-27-18-26-55(44-60)56-36-38-68-72-49-73-71-41-40-70-67-31-13-12-29-65(67)66-30-14-15-32-69(66)78(70)79(71)89-77(73)50-76(72)88(75(68)48-56)82-85-80(54-24-8-3-9-25-54)84-81(86-82)74-33-16-17-42-83-74/h1-50H. The van der Waals surface area contributed by atoms with Crippen LogP contribution in [0.25, 0.3) is 160 Å². The third-order valence-electron chi connectivity index (χ3n) is 17.8. The summed E-state index contributed by atoms with van der Waals surface area (Å²) < 4.78 is 9.42. The summed E-state index contributed by atoms with van der Waals surface area (Å²) in [5.74, 6) is 1.48. The second-order valence-corrected chi connectivity index (χ2v) is 22.9.